The van der Waals surface area contributed by atoms with E-state index in [1.807, 2.05) is 0 Å². The van der Waals surface area contributed by atoms with E-state index in [0.29, 0.717) is 29.4 Å². The molecule has 0 fully saturated rings. The van der Waals surface area contributed by atoms with Crippen molar-refractivity contribution in [3.8, 4) is 0 Å². The van der Waals surface area contributed by atoms with Gasteiger partial charge in [0.25, 0.3) is 0 Å². The Morgan fingerprint density at radius 1 is 1.45 bits per heavy atom. The predicted octanol–water partition coefficient (Wildman–Crippen LogP) is 2.66. The highest BCUT2D eigenvalue weighted by Gasteiger charge is 2.11. The predicted molar refractivity (Wildman–Crippen MR) is 81.3 cm³/mol. The Morgan fingerprint density at radius 2 is 2.20 bits per heavy atom. The number of carbonyl (C=O) groups is 1. The van der Waals surface area contributed by atoms with E-state index in [-0.39, 0.29) is 10.8 Å². The van der Waals surface area contributed by atoms with Gasteiger partial charge < -0.3 is 5.32 Å². The fraction of sp³-hybridized carbons (Fsp3) is 0.333. The zero-order chi connectivity index (χ0) is 14.8. The van der Waals surface area contributed by atoms with E-state index in [4.69, 9.17) is 11.6 Å². The molecule has 1 aromatic heterocycles. The fourth-order valence-electron chi connectivity index (χ4n) is 1.60. The van der Waals surface area contributed by atoms with Gasteiger partial charge in [0.05, 0.1) is 15.1 Å². The molecule has 1 aromatic carbocycles. The molecular weight excluding hydrogens is 320 g/mol. The number of nitrogens with one attached hydrogen (secondary N) is 1. The molecule has 1 N–H and O–H groups in total. The van der Waals surface area contributed by atoms with Crippen LogP contribution >= 0.6 is 22.9 Å². The van der Waals surface area contributed by atoms with Crippen molar-refractivity contribution < 1.29 is 13.2 Å². The third-order valence-electron chi connectivity index (χ3n) is 2.57. The van der Waals surface area contributed by atoms with Crippen molar-refractivity contribution >= 4 is 54.0 Å². The summed E-state index contributed by atoms with van der Waals surface area (Å²) in [6.07, 6.45) is 2.11. The summed E-state index contributed by atoms with van der Waals surface area (Å²) in [6, 6.07) is 4.71. The summed E-state index contributed by atoms with van der Waals surface area (Å²) >= 11 is 6.77. The lowest BCUT2D eigenvalue weighted by atomic mass is 10.3. The van der Waals surface area contributed by atoms with Gasteiger partial charge in [0.15, 0.2) is 15.0 Å². The van der Waals surface area contributed by atoms with Gasteiger partial charge >= 0.3 is 0 Å². The van der Waals surface area contributed by atoms with Crippen LogP contribution < -0.4 is 5.32 Å². The van der Waals surface area contributed by atoms with Crippen LogP contribution in [0.1, 0.15) is 12.8 Å². The molecule has 0 unspecified atom stereocenters. The highest BCUT2D eigenvalue weighted by atomic mass is 35.5. The van der Waals surface area contributed by atoms with E-state index in [0.717, 1.165) is 11.0 Å². The number of fused-ring (bicyclic) bond motifs is 1. The number of rotatable bonds is 5. The van der Waals surface area contributed by atoms with Crippen LogP contribution in [-0.4, -0.2) is 31.4 Å². The normalized spacial score (nSPS) is 11.7. The molecule has 0 aliphatic carbocycles. The highest BCUT2D eigenvalue weighted by Crippen LogP contribution is 2.28. The molecule has 0 spiro atoms. The minimum Gasteiger partial charge on any atom is -0.302 e. The number of aromatic nitrogens is 1. The van der Waals surface area contributed by atoms with Crippen molar-refractivity contribution in [1.29, 1.82) is 0 Å². The van der Waals surface area contributed by atoms with Gasteiger partial charge in [-0.3, -0.25) is 4.79 Å². The lowest BCUT2D eigenvalue weighted by Crippen LogP contribution is -2.10. The summed E-state index contributed by atoms with van der Waals surface area (Å²) in [5, 5.41) is 3.15. The van der Waals surface area contributed by atoms with Crippen LogP contribution in [0.25, 0.3) is 10.2 Å². The van der Waals surface area contributed by atoms with Crippen molar-refractivity contribution in [3.63, 3.8) is 0 Å². The van der Waals surface area contributed by atoms with Crippen molar-refractivity contribution in [2.45, 2.75) is 17.7 Å². The molecule has 1 heterocycles. The Hall–Kier alpha value is -1.18. The first-order valence-corrected chi connectivity index (χ1v) is 9.11. The maximum atomic E-state index is 11.6. The molecule has 0 bridgehead atoms. The molecule has 2 aromatic rings. The zero-order valence-corrected chi connectivity index (χ0v) is 13.1. The minimum absolute atomic E-state index is 0.145. The van der Waals surface area contributed by atoms with Crippen molar-refractivity contribution in [3.05, 3.63) is 18.2 Å². The largest absolute Gasteiger partial charge is 0.302 e. The topological polar surface area (TPSA) is 76.1 Å². The quantitative estimate of drug-likeness (QED) is 0.854. The third-order valence-corrected chi connectivity index (χ3v) is 4.88. The molecule has 5 nitrogen and oxygen atoms in total. The number of sulfone groups is 1. The number of alkyl halides is 1. The average molecular weight is 333 g/mol. The number of carbonyl (C=O) groups excluding carboxylic acids is 1. The molecule has 0 atom stereocenters. The SMILES string of the molecule is CS(=O)(=O)c1ccc2nc(NC(=O)CCCCl)sc2c1. The summed E-state index contributed by atoms with van der Waals surface area (Å²) in [5.74, 6) is 0.290. The molecule has 0 radical (unpaired) electrons. The first-order valence-electron chi connectivity index (χ1n) is 5.86. The highest BCUT2D eigenvalue weighted by molar-refractivity contribution is 7.90. The van der Waals surface area contributed by atoms with Gasteiger partial charge in [0.2, 0.25) is 5.91 Å². The van der Waals surface area contributed by atoms with Crippen LogP contribution in [0.4, 0.5) is 5.13 Å². The van der Waals surface area contributed by atoms with Gasteiger partial charge in [-0.15, -0.1) is 11.6 Å². The van der Waals surface area contributed by atoms with E-state index in [2.05, 4.69) is 10.3 Å². The Kier molecular flexibility index (Phi) is 4.62. The van der Waals surface area contributed by atoms with Crippen LogP contribution in [0.15, 0.2) is 23.1 Å². The van der Waals surface area contributed by atoms with Gasteiger partial charge in [-0.2, -0.15) is 0 Å². The van der Waals surface area contributed by atoms with Gasteiger partial charge in [-0.05, 0) is 24.6 Å². The van der Waals surface area contributed by atoms with Crippen molar-refractivity contribution in [2.75, 3.05) is 17.5 Å². The molecule has 0 saturated carbocycles. The number of anilines is 1. The van der Waals surface area contributed by atoms with Crippen LogP contribution in [0, 0.1) is 0 Å². The number of halogens is 1. The van der Waals surface area contributed by atoms with Gasteiger partial charge in [0.1, 0.15) is 0 Å². The molecule has 108 valence electrons. The second kappa shape index (κ2) is 6.07. The summed E-state index contributed by atoms with van der Waals surface area (Å²) in [7, 11) is -3.24. The molecule has 20 heavy (non-hydrogen) atoms. The standard InChI is InChI=1S/C12H13ClN2O3S2/c1-20(17,18)8-4-5-9-10(7-8)19-12(14-9)15-11(16)3-2-6-13/h4-5,7H,2-3,6H2,1H3,(H,14,15,16). The van der Waals surface area contributed by atoms with E-state index >= 15 is 0 Å². The van der Waals surface area contributed by atoms with Crippen LogP contribution in [0.3, 0.4) is 0 Å². The maximum absolute atomic E-state index is 11.6. The number of amides is 1. The van der Waals surface area contributed by atoms with E-state index in [1.54, 1.807) is 12.1 Å². The third kappa shape index (κ3) is 3.68. The van der Waals surface area contributed by atoms with Crippen LogP contribution in [-0.2, 0) is 14.6 Å². The smallest absolute Gasteiger partial charge is 0.226 e. The molecular formula is C12H13ClN2O3S2. The summed E-state index contributed by atoms with van der Waals surface area (Å²) in [6.45, 7) is 0. The molecule has 8 heteroatoms. The van der Waals surface area contributed by atoms with Gasteiger partial charge in [-0.25, -0.2) is 13.4 Å². The second-order valence-corrected chi connectivity index (χ2v) is 7.69. The Labute approximate surface area is 125 Å². The molecule has 0 saturated heterocycles. The van der Waals surface area contributed by atoms with Gasteiger partial charge in [0, 0.05) is 18.6 Å². The Balaban J connectivity index is 2.23. The van der Waals surface area contributed by atoms with E-state index < -0.39 is 9.84 Å². The number of hydrogen-bond acceptors (Lipinski definition) is 5. The summed E-state index contributed by atoms with van der Waals surface area (Å²) in [5.41, 5.74) is 0.662. The molecule has 0 aliphatic rings. The molecule has 0 aliphatic heterocycles. The number of nitrogens with zero attached hydrogens (tertiary/aromatic N) is 1. The van der Waals surface area contributed by atoms with E-state index in [9.17, 15) is 13.2 Å². The fourth-order valence-corrected chi connectivity index (χ4v) is 3.37. The monoisotopic (exact) mass is 332 g/mol. The average Bonchev–Trinajstić information content (AvgIpc) is 2.76. The summed E-state index contributed by atoms with van der Waals surface area (Å²) < 4.78 is 23.7. The molecule has 1 amide bonds. The number of hydrogen-bond donors (Lipinski definition) is 1. The van der Waals surface area contributed by atoms with Gasteiger partial charge in [-0.1, -0.05) is 11.3 Å². The molecule has 2 rings (SSSR count). The minimum atomic E-state index is -3.24. The Bertz CT molecular complexity index is 740. The second-order valence-electron chi connectivity index (χ2n) is 4.26. The summed E-state index contributed by atoms with van der Waals surface area (Å²) in [4.78, 5) is 16.1. The van der Waals surface area contributed by atoms with Crippen molar-refractivity contribution in [1.82, 2.24) is 4.98 Å². The first-order chi connectivity index (χ1) is 9.40. The Morgan fingerprint density at radius 3 is 2.85 bits per heavy atom. The van der Waals surface area contributed by atoms with Crippen LogP contribution in [0.2, 0.25) is 0 Å². The zero-order valence-electron chi connectivity index (χ0n) is 10.7. The number of benzene rings is 1. The lowest BCUT2D eigenvalue weighted by Gasteiger charge is -1.98. The van der Waals surface area contributed by atoms with Crippen LogP contribution in [0.5, 0.6) is 0 Å². The maximum Gasteiger partial charge on any atom is 0.226 e. The lowest BCUT2D eigenvalue weighted by molar-refractivity contribution is -0.116. The van der Waals surface area contributed by atoms with Crippen molar-refractivity contribution in [2.24, 2.45) is 0 Å². The van der Waals surface area contributed by atoms with E-state index in [1.165, 1.54) is 17.4 Å². The number of thiazole rings is 1. The first kappa shape index (κ1) is 15.2.